The molecule has 1 atom stereocenters. The van der Waals surface area contributed by atoms with Crippen molar-refractivity contribution >= 4 is 70.9 Å². The molecule has 49 heavy (non-hydrogen) atoms. The lowest BCUT2D eigenvalue weighted by Crippen LogP contribution is -2.20. The topological polar surface area (TPSA) is 159 Å². The Morgan fingerprint density at radius 1 is 0.959 bits per heavy atom. The van der Waals surface area contributed by atoms with Gasteiger partial charge in [-0.25, -0.2) is 9.97 Å². The molecule has 0 saturated heterocycles. The van der Waals surface area contributed by atoms with Crippen molar-refractivity contribution in [2.24, 2.45) is 5.73 Å². The number of hydrogen-bond donors (Lipinski definition) is 3. The molecule has 254 valence electrons. The van der Waals surface area contributed by atoms with E-state index < -0.39 is 5.91 Å². The first-order chi connectivity index (χ1) is 23.6. The summed E-state index contributed by atoms with van der Waals surface area (Å²) in [6.45, 7) is 13.6. The van der Waals surface area contributed by atoms with Gasteiger partial charge in [0.2, 0.25) is 5.95 Å². The van der Waals surface area contributed by atoms with Crippen molar-refractivity contribution in [2.45, 2.75) is 79.7 Å². The Morgan fingerprint density at radius 3 is 2.35 bits per heavy atom. The zero-order valence-corrected chi connectivity index (χ0v) is 29.7. The fraction of sp³-hybridized carbons (Fsp3) is 0.333. The highest BCUT2D eigenvalue weighted by Gasteiger charge is 2.22. The van der Waals surface area contributed by atoms with Gasteiger partial charge in [0.05, 0.1) is 38.8 Å². The maximum atomic E-state index is 13.6. The number of benzene rings is 2. The van der Waals surface area contributed by atoms with E-state index in [1.807, 2.05) is 44.4 Å². The van der Waals surface area contributed by atoms with E-state index in [0.717, 1.165) is 58.1 Å². The van der Waals surface area contributed by atoms with E-state index in [-0.39, 0.29) is 5.91 Å². The van der Waals surface area contributed by atoms with Crippen molar-refractivity contribution in [3.05, 3.63) is 76.5 Å². The standard InChI is InChI=1S/C36H42N9O3P/c1-7-24(8-2)49-30-17-23(19-46)16-27-33(30)44(36(40-27)41-35(48)29-15-21(5)42-45(29)9-3)13-11-10-12-43-22(6)39-28-18-26(34(37)47)31-25(32(28)43)14-20(4)38-31/h10-11,14-19,24,38,49H,7-9,12-13H2,1-6H3,(H2,37,47)(H,40,41,48)/b11-10+. The van der Waals surface area contributed by atoms with E-state index in [1.165, 1.54) is 0 Å². The number of carbonyl (C=O) groups excluding carboxylic acids is 3. The summed E-state index contributed by atoms with van der Waals surface area (Å²) in [7, 11) is 0.473. The van der Waals surface area contributed by atoms with Crippen LogP contribution in [0.1, 0.15) is 82.0 Å². The first-order valence-corrected chi connectivity index (χ1v) is 17.7. The zero-order valence-electron chi connectivity index (χ0n) is 28.7. The third-order valence-electron chi connectivity index (χ3n) is 8.96. The van der Waals surface area contributed by atoms with Crippen molar-refractivity contribution < 1.29 is 14.4 Å². The summed E-state index contributed by atoms with van der Waals surface area (Å²) in [5.41, 5.74) is 13.2. The third kappa shape index (κ3) is 6.40. The highest BCUT2D eigenvalue weighted by Crippen LogP contribution is 2.32. The molecular weight excluding hydrogens is 637 g/mol. The van der Waals surface area contributed by atoms with Crippen LogP contribution in [0.2, 0.25) is 0 Å². The number of carbonyl (C=O) groups is 3. The molecule has 0 aliphatic heterocycles. The van der Waals surface area contributed by atoms with Gasteiger partial charge < -0.3 is 19.9 Å². The van der Waals surface area contributed by atoms with E-state index in [0.29, 0.717) is 73.2 Å². The summed E-state index contributed by atoms with van der Waals surface area (Å²) in [5.74, 6) is 0.400. The summed E-state index contributed by atoms with van der Waals surface area (Å²) in [6.07, 6.45) is 7.02. The van der Waals surface area contributed by atoms with Crippen molar-refractivity contribution in [3.8, 4) is 0 Å². The van der Waals surface area contributed by atoms with Crippen LogP contribution in [0.5, 0.6) is 0 Å². The predicted molar refractivity (Wildman–Crippen MR) is 197 cm³/mol. The largest absolute Gasteiger partial charge is 0.366 e. The zero-order chi connectivity index (χ0) is 35.0. The average Bonchev–Trinajstić information content (AvgIpc) is 3.83. The van der Waals surface area contributed by atoms with Gasteiger partial charge in [-0.1, -0.05) is 34.6 Å². The first kappa shape index (κ1) is 33.8. The molecule has 6 rings (SSSR count). The van der Waals surface area contributed by atoms with E-state index in [4.69, 9.17) is 15.7 Å². The number of nitrogens with two attached hydrogens (primary N) is 1. The lowest BCUT2D eigenvalue weighted by Gasteiger charge is -2.16. The Bertz CT molecular complexity index is 2270. The van der Waals surface area contributed by atoms with Gasteiger partial charge in [-0.05, 0) is 81.8 Å². The van der Waals surface area contributed by atoms with Crippen LogP contribution in [0, 0.1) is 20.8 Å². The minimum absolute atomic E-state index is 0.302. The summed E-state index contributed by atoms with van der Waals surface area (Å²) < 4.78 is 5.81. The number of aromatic amines is 1. The summed E-state index contributed by atoms with van der Waals surface area (Å²) in [6, 6.07) is 9.27. The number of aryl methyl sites for hydroxylation is 4. The molecule has 4 aromatic heterocycles. The highest BCUT2D eigenvalue weighted by atomic mass is 31.1. The number of aromatic nitrogens is 7. The number of H-pyrrole nitrogens is 1. The van der Waals surface area contributed by atoms with Gasteiger partial charge in [0, 0.05) is 36.3 Å². The molecule has 2 amide bonds. The van der Waals surface area contributed by atoms with Crippen LogP contribution in [-0.2, 0) is 19.6 Å². The van der Waals surface area contributed by atoms with Crippen LogP contribution in [0.25, 0.3) is 33.0 Å². The Hall–Kier alpha value is -5.09. The molecule has 4 N–H and O–H groups in total. The molecule has 6 aromatic rings. The molecule has 0 aliphatic rings. The fourth-order valence-corrected chi connectivity index (χ4v) is 8.03. The summed E-state index contributed by atoms with van der Waals surface area (Å²) >= 11 is 0. The molecule has 0 fully saturated rings. The lowest BCUT2D eigenvalue weighted by atomic mass is 10.1. The number of nitrogens with one attached hydrogen (secondary N) is 2. The molecule has 12 nitrogen and oxygen atoms in total. The number of allylic oxidation sites excluding steroid dienone is 2. The minimum atomic E-state index is -0.505. The van der Waals surface area contributed by atoms with Crippen LogP contribution in [0.4, 0.5) is 5.95 Å². The maximum Gasteiger partial charge on any atom is 0.276 e. The second-order valence-electron chi connectivity index (χ2n) is 12.3. The monoisotopic (exact) mass is 679 g/mol. The maximum absolute atomic E-state index is 13.6. The van der Waals surface area contributed by atoms with Crippen LogP contribution < -0.4 is 16.4 Å². The van der Waals surface area contributed by atoms with Gasteiger partial charge in [0.15, 0.2) is 0 Å². The van der Waals surface area contributed by atoms with Crippen LogP contribution in [-0.4, -0.2) is 57.6 Å². The molecule has 2 aromatic carbocycles. The minimum Gasteiger partial charge on any atom is -0.366 e. The average molecular weight is 680 g/mol. The number of nitrogens with zero attached hydrogens (tertiary/aromatic N) is 6. The fourth-order valence-electron chi connectivity index (χ4n) is 6.54. The third-order valence-corrected chi connectivity index (χ3v) is 10.9. The molecule has 4 heterocycles. The number of imidazole rings is 2. The van der Waals surface area contributed by atoms with Gasteiger partial charge in [0.25, 0.3) is 11.8 Å². The predicted octanol–water partition coefficient (Wildman–Crippen LogP) is 5.92. The van der Waals surface area contributed by atoms with Crippen LogP contribution >= 0.6 is 8.58 Å². The van der Waals surface area contributed by atoms with E-state index in [2.05, 4.69) is 46.0 Å². The van der Waals surface area contributed by atoms with Crippen LogP contribution in [0.15, 0.2) is 42.5 Å². The van der Waals surface area contributed by atoms with Crippen molar-refractivity contribution in [1.29, 1.82) is 0 Å². The second-order valence-corrected chi connectivity index (χ2v) is 14.0. The number of primary amides is 1. The SMILES string of the molecule is CCC(CC)Pc1cc(C=O)cc2nc(NC(=O)c3cc(C)nn3CC)n(C/C=C/Cn3c(C)nc4cc(C(N)=O)c5[nH]c(C)cc5c43)c12. The van der Waals surface area contributed by atoms with Gasteiger partial charge in [-0.15, -0.1) is 0 Å². The van der Waals surface area contributed by atoms with Crippen molar-refractivity contribution in [1.82, 2.24) is 33.9 Å². The Morgan fingerprint density at radius 2 is 1.67 bits per heavy atom. The van der Waals surface area contributed by atoms with Crippen LogP contribution in [0.3, 0.4) is 0 Å². The molecule has 0 aliphatic carbocycles. The number of hydrogen-bond acceptors (Lipinski definition) is 6. The number of aldehydes is 1. The number of amides is 2. The molecular formula is C36H42N9O3P. The number of rotatable bonds is 13. The van der Waals surface area contributed by atoms with Crippen molar-refractivity contribution in [2.75, 3.05) is 5.32 Å². The van der Waals surface area contributed by atoms with Crippen molar-refractivity contribution in [3.63, 3.8) is 0 Å². The number of anilines is 1. The van der Waals surface area contributed by atoms with E-state index >= 15 is 0 Å². The Kier molecular flexibility index (Phi) is 9.52. The summed E-state index contributed by atoms with van der Waals surface area (Å²) in [5, 5.41) is 9.43. The molecule has 0 spiro atoms. The lowest BCUT2D eigenvalue weighted by molar-refractivity contribution is 0.0997. The molecule has 0 saturated carbocycles. The van der Waals surface area contributed by atoms with Gasteiger partial charge in [-0.3, -0.25) is 24.4 Å². The van der Waals surface area contributed by atoms with Gasteiger partial charge >= 0.3 is 0 Å². The highest BCUT2D eigenvalue weighted by molar-refractivity contribution is 7.48. The molecule has 1 unspecified atom stereocenters. The quantitative estimate of drug-likeness (QED) is 0.0781. The first-order valence-electron chi connectivity index (χ1n) is 16.6. The second kappa shape index (κ2) is 13.8. The van der Waals surface area contributed by atoms with Gasteiger partial charge in [-0.2, -0.15) is 5.10 Å². The van der Waals surface area contributed by atoms with E-state index in [9.17, 15) is 14.4 Å². The Labute approximate surface area is 285 Å². The smallest absolute Gasteiger partial charge is 0.276 e. The Balaban J connectivity index is 1.40. The van der Waals surface area contributed by atoms with E-state index in [1.54, 1.807) is 22.9 Å². The molecule has 13 heteroatoms. The summed E-state index contributed by atoms with van der Waals surface area (Å²) in [4.78, 5) is 50.7. The molecule has 0 bridgehead atoms. The molecule has 0 radical (unpaired) electrons. The number of fused-ring (bicyclic) bond motifs is 4. The van der Waals surface area contributed by atoms with Gasteiger partial charge in [0.1, 0.15) is 17.8 Å². The normalized spacial score (nSPS) is 12.2.